The minimum atomic E-state index is -0.261. The fraction of sp³-hybridized carbons (Fsp3) is 0.208. The van der Waals surface area contributed by atoms with Crippen molar-refractivity contribution in [1.29, 1.82) is 0 Å². The Kier molecular flexibility index (Phi) is 4.78. The molecule has 0 saturated carbocycles. The second-order valence-electron chi connectivity index (χ2n) is 7.05. The van der Waals surface area contributed by atoms with Crippen molar-refractivity contribution in [3.63, 3.8) is 0 Å². The predicted molar refractivity (Wildman–Crippen MR) is 113 cm³/mol. The molecular weight excluding hydrogens is 348 g/mol. The van der Waals surface area contributed by atoms with E-state index in [-0.39, 0.29) is 12.1 Å². The van der Waals surface area contributed by atoms with Crippen LogP contribution in [-0.2, 0) is 0 Å². The zero-order valence-electron chi connectivity index (χ0n) is 16.4. The van der Waals surface area contributed by atoms with E-state index < -0.39 is 0 Å². The van der Waals surface area contributed by atoms with Crippen LogP contribution in [0.25, 0.3) is 0 Å². The van der Waals surface area contributed by atoms with Gasteiger partial charge in [-0.05, 0) is 62.7 Å². The second kappa shape index (κ2) is 7.39. The summed E-state index contributed by atoms with van der Waals surface area (Å²) < 4.78 is 5.54. The normalized spacial score (nSPS) is 15.5. The molecule has 0 fully saturated rings. The van der Waals surface area contributed by atoms with E-state index in [4.69, 9.17) is 4.74 Å². The Bertz CT molecular complexity index is 1010. The molecule has 1 aliphatic rings. The molecule has 4 nitrogen and oxygen atoms in total. The first-order chi connectivity index (χ1) is 13.6. The number of hydrogen-bond acceptors (Lipinski definition) is 3. The maximum Gasteiger partial charge on any atom is 0.260 e. The average molecular weight is 372 g/mol. The third-order valence-corrected chi connectivity index (χ3v) is 5.06. The molecule has 1 heterocycles. The number of hydrogen-bond donors (Lipinski definition) is 1. The van der Waals surface area contributed by atoms with Crippen LogP contribution in [0.2, 0.25) is 0 Å². The van der Waals surface area contributed by atoms with Crippen LogP contribution < -0.4 is 15.0 Å². The van der Waals surface area contributed by atoms with Crippen molar-refractivity contribution in [3.05, 3.63) is 89.0 Å². The molecule has 0 radical (unpaired) electrons. The zero-order chi connectivity index (χ0) is 19.7. The van der Waals surface area contributed by atoms with Crippen LogP contribution in [0.3, 0.4) is 0 Å². The summed E-state index contributed by atoms with van der Waals surface area (Å²) in [5, 5.41) is 3.59. The fourth-order valence-electron chi connectivity index (χ4n) is 3.72. The molecule has 0 bridgehead atoms. The molecule has 0 saturated heterocycles. The molecule has 1 N–H and O–H groups in total. The lowest BCUT2D eigenvalue weighted by Crippen LogP contribution is -2.32. The SMILES string of the molecule is CCOc1ccc(N2C(=O)c3ccccc3[C@H]2Nc2ccc(C)cc2C)cc1. The Balaban J connectivity index is 1.74. The Morgan fingerprint density at radius 3 is 2.46 bits per heavy atom. The number of nitrogens with one attached hydrogen (secondary N) is 1. The average Bonchev–Trinajstić information content (AvgIpc) is 2.97. The number of anilines is 2. The molecule has 0 aliphatic carbocycles. The number of rotatable bonds is 5. The Hall–Kier alpha value is -3.27. The summed E-state index contributed by atoms with van der Waals surface area (Å²) in [7, 11) is 0. The second-order valence-corrected chi connectivity index (χ2v) is 7.05. The van der Waals surface area contributed by atoms with Crippen LogP contribution in [0.5, 0.6) is 5.75 Å². The van der Waals surface area contributed by atoms with Gasteiger partial charge in [-0.15, -0.1) is 0 Å². The maximum absolute atomic E-state index is 13.2. The number of carbonyl (C=O) groups excluding carboxylic acids is 1. The van der Waals surface area contributed by atoms with Crippen molar-refractivity contribution in [2.75, 3.05) is 16.8 Å². The summed E-state index contributed by atoms with van der Waals surface area (Å²) in [5.74, 6) is 0.802. The summed E-state index contributed by atoms with van der Waals surface area (Å²) in [6.45, 7) is 6.74. The first-order valence-electron chi connectivity index (χ1n) is 9.57. The van der Waals surface area contributed by atoms with Gasteiger partial charge < -0.3 is 10.1 Å². The summed E-state index contributed by atoms with van der Waals surface area (Å²) in [4.78, 5) is 15.0. The molecular formula is C24H24N2O2. The number of amides is 1. The van der Waals surface area contributed by atoms with Gasteiger partial charge in [0, 0.05) is 22.5 Å². The number of carbonyl (C=O) groups is 1. The summed E-state index contributed by atoms with van der Waals surface area (Å²) >= 11 is 0. The van der Waals surface area contributed by atoms with Gasteiger partial charge in [0.1, 0.15) is 11.9 Å². The minimum Gasteiger partial charge on any atom is -0.494 e. The maximum atomic E-state index is 13.2. The van der Waals surface area contributed by atoms with Crippen LogP contribution in [0.4, 0.5) is 11.4 Å². The summed E-state index contributed by atoms with van der Waals surface area (Å²) in [5.41, 5.74) is 5.96. The molecule has 28 heavy (non-hydrogen) atoms. The van der Waals surface area contributed by atoms with Crippen LogP contribution in [-0.4, -0.2) is 12.5 Å². The van der Waals surface area contributed by atoms with Crippen LogP contribution >= 0.6 is 0 Å². The topological polar surface area (TPSA) is 41.6 Å². The van der Waals surface area contributed by atoms with Crippen LogP contribution in [0.1, 0.15) is 40.1 Å². The van der Waals surface area contributed by atoms with E-state index in [1.165, 1.54) is 5.56 Å². The van der Waals surface area contributed by atoms with Crippen molar-refractivity contribution >= 4 is 17.3 Å². The fourth-order valence-corrected chi connectivity index (χ4v) is 3.72. The van der Waals surface area contributed by atoms with Crippen molar-refractivity contribution in [2.45, 2.75) is 26.9 Å². The van der Waals surface area contributed by atoms with Gasteiger partial charge in [-0.2, -0.15) is 0 Å². The molecule has 1 atom stereocenters. The Morgan fingerprint density at radius 2 is 1.75 bits per heavy atom. The van der Waals surface area contributed by atoms with Crippen LogP contribution in [0, 0.1) is 13.8 Å². The zero-order valence-corrected chi connectivity index (χ0v) is 16.4. The van der Waals surface area contributed by atoms with E-state index in [1.807, 2.05) is 60.4 Å². The van der Waals surface area contributed by atoms with E-state index in [0.717, 1.165) is 33.8 Å². The van der Waals surface area contributed by atoms with Crippen molar-refractivity contribution in [1.82, 2.24) is 0 Å². The number of fused-ring (bicyclic) bond motifs is 1. The van der Waals surface area contributed by atoms with E-state index in [9.17, 15) is 4.79 Å². The molecule has 4 heteroatoms. The highest BCUT2D eigenvalue weighted by Gasteiger charge is 2.37. The molecule has 1 amide bonds. The number of ether oxygens (including phenoxy) is 1. The first-order valence-corrected chi connectivity index (χ1v) is 9.57. The lowest BCUT2D eigenvalue weighted by atomic mass is 10.1. The molecule has 0 spiro atoms. The third-order valence-electron chi connectivity index (χ3n) is 5.06. The van der Waals surface area contributed by atoms with E-state index in [2.05, 4.69) is 37.4 Å². The number of benzene rings is 3. The highest BCUT2D eigenvalue weighted by atomic mass is 16.5. The molecule has 1 aliphatic heterocycles. The van der Waals surface area contributed by atoms with E-state index >= 15 is 0 Å². The predicted octanol–water partition coefficient (Wildman–Crippen LogP) is 5.47. The van der Waals surface area contributed by atoms with Gasteiger partial charge in [0.15, 0.2) is 0 Å². The van der Waals surface area contributed by atoms with Gasteiger partial charge in [-0.25, -0.2) is 0 Å². The highest BCUT2D eigenvalue weighted by Crippen LogP contribution is 2.39. The molecule has 3 aromatic rings. The lowest BCUT2D eigenvalue weighted by Gasteiger charge is -2.28. The van der Waals surface area contributed by atoms with Crippen molar-refractivity contribution in [3.8, 4) is 5.75 Å². The van der Waals surface area contributed by atoms with E-state index in [0.29, 0.717) is 6.61 Å². The van der Waals surface area contributed by atoms with Gasteiger partial charge in [0.25, 0.3) is 5.91 Å². The monoisotopic (exact) mass is 372 g/mol. The quantitative estimate of drug-likeness (QED) is 0.645. The van der Waals surface area contributed by atoms with Gasteiger partial charge in [0.05, 0.1) is 6.61 Å². The van der Waals surface area contributed by atoms with Crippen molar-refractivity contribution in [2.24, 2.45) is 0 Å². The minimum absolute atomic E-state index is 0.00187. The van der Waals surface area contributed by atoms with Gasteiger partial charge >= 0.3 is 0 Å². The number of nitrogens with zero attached hydrogens (tertiary/aromatic N) is 1. The molecule has 4 rings (SSSR count). The highest BCUT2D eigenvalue weighted by molar-refractivity contribution is 6.11. The molecule has 142 valence electrons. The summed E-state index contributed by atoms with van der Waals surface area (Å²) in [6.07, 6.45) is -0.261. The Morgan fingerprint density at radius 1 is 1.00 bits per heavy atom. The van der Waals surface area contributed by atoms with Gasteiger partial charge in [0.2, 0.25) is 0 Å². The van der Waals surface area contributed by atoms with Gasteiger partial charge in [-0.3, -0.25) is 9.69 Å². The molecule has 3 aromatic carbocycles. The number of aryl methyl sites for hydroxylation is 2. The smallest absolute Gasteiger partial charge is 0.260 e. The largest absolute Gasteiger partial charge is 0.494 e. The lowest BCUT2D eigenvalue weighted by molar-refractivity contribution is 0.0993. The standard InChI is InChI=1S/C24H24N2O2/c1-4-28-19-12-10-18(11-13-19)26-23(20-7-5-6-8-21(20)24(26)27)25-22-14-9-16(2)15-17(22)3/h5-15,23,25H,4H2,1-3H3/t23-/m0/s1. The third kappa shape index (κ3) is 3.22. The summed E-state index contributed by atoms with van der Waals surface area (Å²) in [6, 6.07) is 21.8. The van der Waals surface area contributed by atoms with Crippen LogP contribution in [0.15, 0.2) is 66.7 Å². The first kappa shape index (κ1) is 18.1. The van der Waals surface area contributed by atoms with Crippen molar-refractivity contribution < 1.29 is 9.53 Å². The Labute approximate surface area is 165 Å². The molecule has 0 aromatic heterocycles. The molecule has 0 unspecified atom stereocenters. The van der Waals surface area contributed by atoms with E-state index in [1.54, 1.807) is 0 Å². The van der Waals surface area contributed by atoms with Gasteiger partial charge in [-0.1, -0.05) is 35.9 Å².